The topological polar surface area (TPSA) is 89.2 Å². The number of benzene rings is 2. The van der Waals surface area contributed by atoms with Crippen molar-refractivity contribution in [2.24, 2.45) is 0 Å². The fraction of sp³-hybridized carbons (Fsp3) is 0.217. The van der Waals surface area contributed by atoms with Crippen molar-refractivity contribution in [2.45, 2.75) is 25.0 Å². The number of amides is 1. The summed E-state index contributed by atoms with van der Waals surface area (Å²) in [5.74, 6) is -2.51. The molecular weight excluding hydrogens is 404 g/mol. The van der Waals surface area contributed by atoms with Gasteiger partial charge in [-0.15, -0.1) is 0 Å². The van der Waals surface area contributed by atoms with Crippen LogP contribution in [-0.2, 0) is 0 Å². The molecule has 0 saturated carbocycles. The van der Waals surface area contributed by atoms with Gasteiger partial charge in [0.2, 0.25) is 0 Å². The molecule has 4 aromatic rings. The summed E-state index contributed by atoms with van der Waals surface area (Å²) in [4.78, 5) is 32.9. The fourth-order valence-corrected chi connectivity index (χ4v) is 4.49. The lowest BCUT2D eigenvalue weighted by atomic mass is 9.85. The standard InChI is InChI=1S/C23H19F2N3O3/c1-28(23(31)17-8-11-4-2-3-5-16(11)26-17)18-6-7-19(29)21-20(18)12-9-14(24)15(25)10-13(12)22(30)27-21/h2-5,8-10,18-19,26,29H,6-7H2,1H3,(H,27,30)/t18-,19+/m0/s1. The van der Waals surface area contributed by atoms with Gasteiger partial charge in [0, 0.05) is 23.5 Å². The van der Waals surface area contributed by atoms with Gasteiger partial charge in [-0.3, -0.25) is 9.59 Å². The first kappa shape index (κ1) is 19.4. The predicted molar refractivity (Wildman–Crippen MR) is 112 cm³/mol. The Morgan fingerprint density at radius 1 is 1.06 bits per heavy atom. The van der Waals surface area contributed by atoms with Crippen molar-refractivity contribution in [1.29, 1.82) is 0 Å². The van der Waals surface area contributed by atoms with Gasteiger partial charge < -0.3 is 20.0 Å². The Morgan fingerprint density at radius 3 is 2.52 bits per heavy atom. The molecule has 1 aliphatic rings. The van der Waals surface area contributed by atoms with E-state index in [1.165, 1.54) is 4.90 Å². The first-order chi connectivity index (χ1) is 14.8. The van der Waals surface area contributed by atoms with Gasteiger partial charge in [-0.2, -0.15) is 0 Å². The molecule has 158 valence electrons. The Hall–Kier alpha value is -3.52. The van der Waals surface area contributed by atoms with Crippen molar-refractivity contribution in [2.75, 3.05) is 7.05 Å². The summed E-state index contributed by atoms with van der Waals surface area (Å²) in [6.07, 6.45) is -0.253. The Bertz CT molecular complexity index is 1380. The van der Waals surface area contributed by atoms with Gasteiger partial charge in [-0.05, 0) is 42.5 Å². The summed E-state index contributed by atoms with van der Waals surface area (Å²) < 4.78 is 27.9. The first-order valence-electron chi connectivity index (χ1n) is 9.93. The van der Waals surface area contributed by atoms with Crippen LogP contribution in [0.1, 0.15) is 46.7 Å². The number of carbonyl (C=O) groups is 1. The molecule has 8 heteroatoms. The van der Waals surface area contributed by atoms with E-state index < -0.39 is 29.3 Å². The summed E-state index contributed by atoms with van der Waals surface area (Å²) in [7, 11) is 1.62. The van der Waals surface area contributed by atoms with Crippen molar-refractivity contribution in [3.8, 4) is 0 Å². The van der Waals surface area contributed by atoms with Crippen LogP contribution in [0.2, 0.25) is 0 Å². The number of H-pyrrole nitrogens is 2. The number of hydrogen-bond acceptors (Lipinski definition) is 3. The summed E-state index contributed by atoms with van der Waals surface area (Å²) in [5, 5.41) is 11.5. The highest BCUT2D eigenvalue weighted by atomic mass is 19.2. The minimum Gasteiger partial charge on any atom is -0.387 e. The normalized spacial score (nSPS) is 18.3. The Kier molecular flexibility index (Phi) is 4.40. The summed E-state index contributed by atoms with van der Waals surface area (Å²) in [6.45, 7) is 0. The van der Waals surface area contributed by atoms with E-state index >= 15 is 0 Å². The molecule has 0 spiro atoms. The molecule has 0 aliphatic heterocycles. The van der Waals surface area contributed by atoms with Crippen LogP contribution in [0.25, 0.3) is 21.7 Å². The van der Waals surface area contributed by atoms with Gasteiger partial charge in [0.15, 0.2) is 11.6 Å². The van der Waals surface area contributed by atoms with E-state index in [-0.39, 0.29) is 22.4 Å². The maximum absolute atomic E-state index is 14.1. The van der Waals surface area contributed by atoms with Crippen molar-refractivity contribution >= 4 is 27.6 Å². The lowest BCUT2D eigenvalue weighted by Gasteiger charge is -2.35. The zero-order valence-electron chi connectivity index (χ0n) is 16.6. The third-order valence-corrected chi connectivity index (χ3v) is 6.06. The molecule has 0 saturated heterocycles. The number of pyridine rings is 1. The zero-order chi connectivity index (χ0) is 21.9. The van der Waals surface area contributed by atoms with Crippen LogP contribution in [0.15, 0.2) is 47.3 Å². The number of halogens is 2. The zero-order valence-corrected chi connectivity index (χ0v) is 16.6. The van der Waals surface area contributed by atoms with Crippen molar-refractivity contribution in [3.05, 3.63) is 81.4 Å². The molecular formula is C23H19F2N3O3. The number of aromatic amines is 2. The second kappa shape index (κ2) is 7.02. The quantitative estimate of drug-likeness (QED) is 0.456. The third kappa shape index (κ3) is 3.02. The largest absolute Gasteiger partial charge is 0.387 e. The van der Waals surface area contributed by atoms with Crippen LogP contribution in [-0.4, -0.2) is 32.9 Å². The van der Waals surface area contributed by atoms with Gasteiger partial charge in [0.25, 0.3) is 11.5 Å². The number of nitrogens with one attached hydrogen (secondary N) is 2. The molecule has 3 N–H and O–H groups in total. The van der Waals surface area contributed by atoms with Crippen LogP contribution in [0, 0.1) is 11.6 Å². The number of hydrogen-bond donors (Lipinski definition) is 3. The molecule has 6 nitrogen and oxygen atoms in total. The highest BCUT2D eigenvalue weighted by Gasteiger charge is 2.34. The third-order valence-electron chi connectivity index (χ3n) is 6.06. The Labute approximate surface area is 175 Å². The lowest BCUT2D eigenvalue weighted by molar-refractivity contribution is 0.0657. The number of nitrogens with zero attached hydrogens (tertiary/aromatic N) is 1. The monoisotopic (exact) mass is 423 g/mol. The molecule has 1 aliphatic carbocycles. The molecule has 31 heavy (non-hydrogen) atoms. The molecule has 2 aromatic heterocycles. The average Bonchev–Trinajstić information content (AvgIpc) is 3.19. The van der Waals surface area contributed by atoms with Crippen molar-refractivity contribution in [1.82, 2.24) is 14.9 Å². The molecule has 2 heterocycles. The molecule has 0 unspecified atom stereocenters. The molecule has 1 amide bonds. The van der Waals surface area contributed by atoms with E-state index in [4.69, 9.17) is 0 Å². The molecule has 2 atom stereocenters. The van der Waals surface area contributed by atoms with Crippen LogP contribution >= 0.6 is 0 Å². The van der Waals surface area contributed by atoms with E-state index in [9.17, 15) is 23.5 Å². The van der Waals surface area contributed by atoms with Crippen LogP contribution < -0.4 is 5.56 Å². The van der Waals surface area contributed by atoms with Crippen molar-refractivity contribution in [3.63, 3.8) is 0 Å². The molecule has 0 bridgehead atoms. The highest BCUT2D eigenvalue weighted by molar-refractivity contribution is 5.98. The number of aliphatic hydroxyl groups is 1. The number of para-hydroxylation sites is 1. The van der Waals surface area contributed by atoms with E-state index in [1.807, 2.05) is 24.3 Å². The minimum absolute atomic E-state index is 0.0248. The van der Waals surface area contributed by atoms with E-state index in [0.717, 1.165) is 23.0 Å². The Morgan fingerprint density at radius 2 is 1.77 bits per heavy atom. The molecule has 5 rings (SSSR count). The van der Waals surface area contributed by atoms with Crippen molar-refractivity contribution < 1.29 is 18.7 Å². The van der Waals surface area contributed by atoms with E-state index in [1.54, 1.807) is 13.1 Å². The highest BCUT2D eigenvalue weighted by Crippen LogP contribution is 2.41. The molecule has 0 radical (unpaired) electrons. The van der Waals surface area contributed by atoms with E-state index in [2.05, 4.69) is 9.97 Å². The molecule has 0 fully saturated rings. The first-order valence-corrected chi connectivity index (χ1v) is 9.93. The predicted octanol–water partition coefficient (Wildman–Crippen LogP) is 3.93. The van der Waals surface area contributed by atoms with Crippen LogP contribution in [0.4, 0.5) is 8.78 Å². The maximum atomic E-state index is 14.1. The van der Waals surface area contributed by atoms with Gasteiger partial charge >= 0.3 is 0 Å². The second-order valence-electron chi connectivity index (χ2n) is 7.89. The van der Waals surface area contributed by atoms with Gasteiger partial charge in [-0.25, -0.2) is 8.78 Å². The average molecular weight is 423 g/mol. The summed E-state index contributed by atoms with van der Waals surface area (Å²) in [6, 6.07) is 10.5. The Balaban J connectivity index is 1.65. The minimum atomic E-state index is -1.13. The van der Waals surface area contributed by atoms with Gasteiger partial charge in [0.05, 0.1) is 23.2 Å². The molecule has 2 aromatic carbocycles. The number of rotatable bonds is 2. The van der Waals surface area contributed by atoms with Gasteiger partial charge in [-0.1, -0.05) is 18.2 Å². The SMILES string of the molecule is CN(C(=O)c1cc2ccccc2[nH]1)[C@H]1CC[C@@H](O)c2[nH]c(=O)c3cc(F)c(F)cc3c21. The number of carbonyl (C=O) groups excluding carboxylic acids is 1. The number of aromatic nitrogens is 2. The second-order valence-corrected chi connectivity index (χ2v) is 7.89. The summed E-state index contributed by atoms with van der Waals surface area (Å²) in [5.41, 5.74) is 1.26. The van der Waals surface area contributed by atoms with Crippen LogP contribution in [0.3, 0.4) is 0 Å². The fourth-order valence-electron chi connectivity index (χ4n) is 4.49. The number of fused-ring (bicyclic) bond motifs is 4. The van der Waals surface area contributed by atoms with Gasteiger partial charge in [0.1, 0.15) is 5.69 Å². The number of aliphatic hydroxyl groups excluding tert-OH is 1. The smallest absolute Gasteiger partial charge is 0.270 e. The van der Waals surface area contributed by atoms with Crippen LogP contribution in [0.5, 0.6) is 0 Å². The summed E-state index contributed by atoms with van der Waals surface area (Å²) >= 11 is 0. The lowest BCUT2D eigenvalue weighted by Crippen LogP contribution is -2.35. The van der Waals surface area contributed by atoms with E-state index in [0.29, 0.717) is 24.1 Å². The maximum Gasteiger partial charge on any atom is 0.270 e.